The van der Waals surface area contributed by atoms with Gasteiger partial charge in [-0.25, -0.2) is 0 Å². The lowest BCUT2D eigenvalue weighted by atomic mass is 9.73. The van der Waals surface area contributed by atoms with E-state index >= 15 is 0 Å². The Kier molecular flexibility index (Phi) is 8.28. The van der Waals surface area contributed by atoms with Crippen LogP contribution >= 0.6 is 7.92 Å². The zero-order chi connectivity index (χ0) is 27.8. The number of hydrogen-bond donors (Lipinski definition) is 1. The lowest BCUT2D eigenvalue weighted by Crippen LogP contribution is -2.41. The summed E-state index contributed by atoms with van der Waals surface area (Å²) in [7, 11) is -0.607. The van der Waals surface area contributed by atoms with Gasteiger partial charge in [-0.3, -0.25) is 0 Å². The van der Waals surface area contributed by atoms with Crippen molar-refractivity contribution in [2.45, 2.75) is 71.6 Å². The van der Waals surface area contributed by atoms with E-state index in [0.29, 0.717) is 0 Å². The smallest absolute Gasteiger partial charge is 0.136 e. The van der Waals surface area contributed by atoms with Gasteiger partial charge < -0.3 is 4.55 Å². The number of allylic oxidation sites excluding steroid dienone is 2. The van der Waals surface area contributed by atoms with Gasteiger partial charge in [0.2, 0.25) is 0 Å². The van der Waals surface area contributed by atoms with Gasteiger partial charge in [-0.05, 0) is 93.1 Å². The van der Waals surface area contributed by atoms with Crippen LogP contribution in [0.4, 0.5) is 0 Å². The maximum atomic E-state index is 13.7. The van der Waals surface area contributed by atoms with E-state index in [9.17, 15) is 4.55 Å². The maximum Gasteiger partial charge on any atom is 0.136 e. The van der Waals surface area contributed by atoms with E-state index in [1.807, 2.05) is 0 Å². The van der Waals surface area contributed by atoms with Gasteiger partial charge in [0.05, 0.1) is 0 Å². The van der Waals surface area contributed by atoms with Crippen molar-refractivity contribution < 1.29 is 4.55 Å². The predicted octanol–water partition coefficient (Wildman–Crippen LogP) is 9.48. The molecule has 0 unspecified atom stereocenters. The number of hydrogen-bond acceptors (Lipinski definition) is 2. The SMILES string of the molecule is CCCCc1ccc([C@@H](N[S@@+]([O-])C(C)(C)C)C2=C(c3ccccc3)[C@]3(C)C[P@@]2C(c2ccccc2)=C3C)cc1. The molecule has 0 saturated carbocycles. The van der Waals surface area contributed by atoms with Crippen molar-refractivity contribution in [2.75, 3.05) is 6.16 Å². The molecule has 4 heteroatoms. The number of aryl methyl sites for hydroxylation is 1. The first-order valence-electron chi connectivity index (χ1n) is 14.3. The third-order valence-corrected chi connectivity index (χ3v) is 13.0. The zero-order valence-electron chi connectivity index (χ0n) is 24.3. The van der Waals surface area contributed by atoms with E-state index in [1.165, 1.54) is 56.9 Å². The minimum atomic E-state index is -1.22. The summed E-state index contributed by atoms with van der Waals surface area (Å²) >= 11 is -1.22. The highest BCUT2D eigenvalue weighted by molar-refractivity contribution is 7.90. The molecular weight excluding hydrogens is 513 g/mol. The van der Waals surface area contributed by atoms with Gasteiger partial charge in [0, 0.05) is 16.8 Å². The molecule has 204 valence electrons. The van der Waals surface area contributed by atoms with Crippen molar-refractivity contribution >= 4 is 30.2 Å². The van der Waals surface area contributed by atoms with Crippen LogP contribution in [0, 0.1) is 5.41 Å². The number of rotatable bonds is 9. The average Bonchev–Trinajstić information content (AvgIpc) is 3.38. The first kappa shape index (κ1) is 28.4. The molecule has 2 bridgehead atoms. The quantitative estimate of drug-likeness (QED) is 0.211. The van der Waals surface area contributed by atoms with Gasteiger partial charge in [-0.1, -0.05) is 111 Å². The summed E-state index contributed by atoms with van der Waals surface area (Å²) in [5.41, 5.74) is 8.09. The summed E-state index contributed by atoms with van der Waals surface area (Å²) in [5, 5.41) is 2.96. The lowest BCUT2D eigenvalue weighted by molar-refractivity contribution is 0.536. The Labute approximate surface area is 240 Å². The highest BCUT2D eigenvalue weighted by atomic mass is 32.2. The minimum absolute atomic E-state index is 0.0439. The lowest BCUT2D eigenvalue weighted by Gasteiger charge is -2.36. The predicted molar refractivity (Wildman–Crippen MR) is 171 cm³/mol. The van der Waals surface area contributed by atoms with Crippen molar-refractivity contribution in [3.8, 4) is 0 Å². The molecule has 0 aliphatic carbocycles. The van der Waals surface area contributed by atoms with Crippen LogP contribution in [-0.4, -0.2) is 15.5 Å². The van der Waals surface area contributed by atoms with E-state index in [0.717, 1.165) is 12.6 Å². The average molecular weight is 556 g/mol. The summed E-state index contributed by atoms with van der Waals surface area (Å²) in [5.74, 6) is 0. The molecule has 3 aromatic carbocycles. The van der Waals surface area contributed by atoms with Crippen LogP contribution < -0.4 is 4.72 Å². The van der Waals surface area contributed by atoms with Gasteiger partial charge in [0.1, 0.15) is 10.8 Å². The van der Waals surface area contributed by atoms with Crippen LogP contribution in [0.2, 0.25) is 0 Å². The summed E-state index contributed by atoms with van der Waals surface area (Å²) in [4.78, 5) is 0. The van der Waals surface area contributed by atoms with Crippen molar-refractivity contribution in [3.63, 3.8) is 0 Å². The van der Waals surface area contributed by atoms with Gasteiger partial charge in [-0.15, -0.1) is 4.72 Å². The Bertz CT molecular complexity index is 1360. The Morgan fingerprint density at radius 3 is 2.08 bits per heavy atom. The monoisotopic (exact) mass is 555 g/mol. The molecule has 1 N–H and O–H groups in total. The second-order valence-corrected chi connectivity index (χ2v) is 16.3. The fourth-order valence-corrected chi connectivity index (χ4v) is 10.8. The Morgan fingerprint density at radius 1 is 0.923 bits per heavy atom. The van der Waals surface area contributed by atoms with E-state index in [2.05, 4.69) is 131 Å². The molecule has 0 saturated heterocycles. The molecule has 0 fully saturated rings. The highest BCUT2D eigenvalue weighted by Crippen LogP contribution is 2.79. The van der Waals surface area contributed by atoms with Crippen molar-refractivity contribution in [3.05, 3.63) is 118 Å². The standard InChI is InChI=1S/C35H42NOPS/c1-7-8-15-26-20-22-28(23-21-26)31(36-39(37)34(3,4)5)33-30(27-16-11-9-12-17-27)35(6)24-38(33)32(25(35)2)29-18-13-10-14-19-29/h9-14,16-23,31,36H,7-8,15,24H2,1-6H3/t31-,35-,38+,39+/m1/s1. The molecule has 0 radical (unpaired) electrons. The van der Waals surface area contributed by atoms with Gasteiger partial charge in [0.15, 0.2) is 0 Å². The molecule has 4 atom stereocenters. The number of unbranched alkanes of at least 4 members (excludes halogenated alkanes) is 1. The summed E-state index contributed by atoms with van der Waals surface area (Å²) in [6, 6.07) is 30.9. The van der Waals surface area contributed by atoms with Crippen LogP contribution in [0.25, 0.3) is 10.9 Å². The first-order chi connectivity index (χ1) is 18.6. The third-order valence-electron chi connectivity index (χ3n) is 8.32. The molecule has 39 heavy (non-hydrogen) atoms. The van der Waals surface area contributed by atoms with Crippen LogP contribution in [0.5, 0.6) is 0 Å². The van der Waals surface area contributed by atoms with Crippen LogP contribution in [0.1, 0.15) is 82.7 Å². The molecule has 0 spiro atoms. The van der Waals surface area contributed by atoms with Crippen LogP contribution in [0.3, 0.4) is 0 Å². The second-order valence-electron chi connectivity index (χ2n) is 12.2. The fraction of sp³-hybridized carbons (Fsp3) is 0.371. The minimum Gasteiger partial charge on any atom is -0.598 e. The van der Waals surface area contributed by atoms with E-state index in [1.54, 1.807) is 0 Å². The second kappa shape index (κ2) is 11.4. The zero-order valence-corrected chi connectivity index (χ0v) is 26.0. The van der Waals surface area contributed by atoms with Crippen molar-refractivity contribution in [1.29, 1.82) is 0 Å². The third kappa shape index (κ3) is 5.44. The Hall–Kier alpha value is -2.16. The maximum absolute atomic E-state index is 13.7. The Balaban J connectivity index is 1.70. The van der Waals surface area contributed by atoms with E-state index in [-0.39, 0.29) is 16.2 Å². The summed E-state index contributed by atoms with van der Waals surface area (Å²) in [6.45, 7) is 13.2. The topological polar surface area (TPSA) is 35.1 Å². The highest BCUT2D eigenvalue weighted by Gasteiger charge is 2.54. The fourth-order valence-electron chi connectivity index (χ4n) is 6.03. The van der Waals surface area contributed by atoms with Crippen LogP contribution in [-0.2, 0) is 17.8 Å². The molecule has 3 aromatic rings. The molecule has 5 rings (SSSR count). The van der Waals surface area contributed by atoms with Gasteiger partial charge >= 0.3 is 0 Å². The van der Waals surface area contributed by atoms with Crippen molar-refractivity contribution in [1.82, 2.24) is 4.72 Å². The van der Waals surface area contributed by atoms with E-state index in [4.69, 9.17) is 0 Å². The molecule has 2 heterocycles. The number of benzene rings is 3. The van der Waals surface area contributed by atoms with Crippen molar-refractivity contribution in [2.24, 2.45) is 5.41 Å². The first-order valence-corrected chi connectivity index (χ1v) is 16.9. The molecular formula is C35H42NOPS. The van der Waals surface area contributed by atoms with E-state index < -0.39 is 19.3 Å². The van der Waals surface area contributed by atoms with Crippen LogP contribution in [0.15, 0.2) is 95.8 Å². The number of nitrogens with one attached hydrogen (secondary N) is 1. The largest absolute Gasteiger partial charge is 0.598 e. The Morgan fingerprint density at radius 2 is 1.51 bits per heavy atom. The molecule has 2 nitrogen and oxygen atoms in total. The molecule has 0 amide bonds. The van der Waals surface area contributed by atoms with Gasteiger partial charge in [0.25, 0.3) is 0 Å². The summed E-state index contributed by atoms with van der Waals surface area (Å²) in [6.07, 6.45) is 4.62. The molecule has 2 aliphatic heterocycles. The molecule has 0 aromatic heterocycles. The van der Waals surface area contributed by atoms with Gasteiger partial charge in [-0.2, -0.15) is 0 Å². The normalized spacial score (nSPS) is 22.5. The number of fused-ring (bicyclic) bond motifs is 2. The molecule has 2 aliphatic rings. The summed E-state index contributed by atoms with van der Waals surface area (Å²) < 4.78 is 17.0.